The molecule has 0 aliphatic rings. The van der Waals surface area contributed by atoms with E-state index in [1.165, 1.54) is 12.0 Å². The van der Waals surface area contributed by atoms with Gasteiger partial charge in [0.15, 0.2) is 11.5 Å². The molecule has 146 valence electrons. The van der Waals surface area contributed by atoms with Crippen molar-refractivity contribution in [2.75, 3.05) is 31.8 Å². The van der Waals surface area contributed by atoms with Crippen molar-refractivity contribution in [3.63, 3.8) is 0 Å². The van der Waals surface area contributed by atoms with Gasteiger partial charge in [-0.1, -0.05) is 0 Å². The Morgan fingerprint density at radius 3 is 2.62 bits per heavy atom. The molecule has 2 N–H and O–H groups in total. The first-order valence-corrected chi connectivity index (χ1v) is 8.70. The standard InChI is InChI=1S/C21H20N6O2/c1-26(2)17-11-10-16-20(25-17)27(14-8-6-13(7-9-14)21(28)29-3)19(24-16)15-5-4-12-23-18(15)22/h4-12H,1-3H3,(H2,22,23)/i1D,2D. The number of methoxy groups -OCH3 is 1. The van der Waals surface area contributed by atoms with Gasteiger partial charge >= 0.3 is 5.97 Å². The molecule has 4 aromatic rings. The molecule has 0 radical (unpaired) electrons. The third-order valence-electron chi connectivity index (χ3n) is 4.44. The van der Waals surface area contributed by atoms with Gasteiger partial charge in [0, 0.05) is 28.7 Å². The number of hydrogen-bond acceptors (Lipinski definition) is 7. The first-order chi connectivity index (χ1) is 15.1. The molecule has 0 spiro atoms. The highest BCUT2D eigenvalue weighted by molar-refractivity contribution is 5.90. The summed E-state index contributed by atoms with van der Waals surface area (Å²) >= 11 is 0. The Labute approximate surface area is 170 Å². The van der Waals surface area contributed by atoms with E-state index >= 15 is 0 Å². The van der Waals surface area contributed by atoms with Gasteiger partial charge < -0.3 is 15.4 Å². The number of hydrogen-bond donors (Lipinski definition) is 1. The minimum Gasteiger partial charge on any atom is -0.465 e. The smallest absolute Gasteiger partial charge is 0.337 e. The summed E-state index contributed by atoms with van der Waals surface area (Å²) < 4.78 is 21.9. The monoisotopic (exact) mass is 390 g/mol. The fraction of sp³-hybridized carbons (Fsp3) is 0.143. The summed E-state index contributed by atoms with van der Waals surface area (Å²) in [6, 6.07) is 14.0. The van der Waals surface area contributed by atoms with E-state index in [4.69, 9.17) is 18.2 Å². The normalized spacial score (nSPS) is 11.8. The lowest BCUT2D eigenvalue weighted by Gasteiger charge is -2.13. The molecule has 0 atom stereocenters. The fourth-order valence-electron chi connectivity index (χ4n) is 3.02. The number of nitrogen functional groups attached to an aromatic ring is 1. The minimum atomic E-state index is -0.430. The molecule has 0 unspecified atom stereocenters. The summed E-state index contributed by atoms with van der Waals surface area (Å²) in [5, 5.41) is 0. The van der Waals surface area contributed by atoms with E-state index in [1.807, 2.05) is 10.6 Å². The van der Waals surface area contributed by atoms with Crippen LogP contribution in [0.5, 0.6) is 0 Å². The van der Waals surface area contributed by atoms with Crippen molar-refractivity contribution in [2.24, 2.45) is 0 Å². The van der Waals surface area contributed by atoms with E-state index in [0.29, 0.717) is 45.4 Å². The average Bonchev–Trinajstić information content (AvgIpc) is 3.18. The topological polar surface area (TPSA) is 99.2 Å². The van der Waals surface area contributed by atoms with Crippen molar-refractivity contribution in [3.8, 4) is 17.1 Å². The maximum absolute atomic E-state index is 11.8. The predicted octanol–water partition coefficient (Wildman–Crippen LogP) is 2.92. The van der Waals surface area contributed by atoms with Crippen molar-refractivity contribution < 1.29 is 12.3 Å². The number of carbonyl (C=O) groups is 1. The van der Waals surface area contributed by atoms with Crippen molar-refractivity contribution >= 4 is 28.8 Å². The lowest BCUT2D eigenvalue weighted by atomic mass is 10.2. The summed E-state index contributed by atoms with van der Waals surface area (Å²) in [5.41, 5.74) is 9.04. The largest absolute Gasteiger partial charge is 0.465 e. The second-order valence-corrected chi connectivity index (χ2v) is 6.30. The molecule has 0 aliphatic heterocycles. The van der Waals surface area contributed by atoms with E-state index in [9.17, 15) is 4.79 Å². The van der Waals surface area contributed by atoms with Crippen LogP contribution in [-0.4, -0.2) is 46.6 Å². The first kappa shape index (κ1) is 16.1. The highest BCUT2D eigenvalue weighted by atomic mass is 16.5. The van der Waals surface area contributed by atoms with Crippen LogP contribution in [0.1, 0.15) is 13.1 Å². The number of nitrogens with two attached hydrogens (primary N) is 1. The Balaban J connectivity index is 1.97. The van der Waals surface area contributed by atoms with Gasteiger partial charge in [0.2, 0.25) is 0 Å². The third-order valence-corrected chi connectivity index (χ3v) is 4.44. The number of carbonyl (C=O) groups excluding carboxylic acids is 1. The van der Waals surface area contributed by atoms with E-state index < -0.39 is 5.97 Å². The van der Waals surface area contributed by atoms with E-state index in [-0.39, 0.29) is 14.0 Å². The van der Waals surface area contributed by atoms with Gasteiger partial charge in [-0.15, -0.1) is 0 Å². The van der Waals surface area contributed by atoms with Gasteiger partial charge in [0.05, 0.1) is 18.2 Å². The van der Waals surface area contributed by atoms with Crippen LogP contribution in [0.4, 0.5) is 11.6 Å². The van der Waals surface area contributed by atoms with Gasteiger partial charge in [0.1, 0.15) is 17.2 Å². The summed E-state index contributed by atoms with van der Waals surface area (Å²) in [7, 11) is 1.15. The van der Waals surface area contributed by atoms with Crippen LogP contribution in [0.25, 0.3) is 28.2 Å². The molecule has 29 heavy (non-hydrogen) atoms. The molecule has 0 amide bonds. The number of imidazole rings is 1. The van der Waals surface area contributed by atoms with Gasteiger partial charge in [-0.05, 0) is 48.5 Å². The molecule has 0 bridgehead atoms. The van der Waals surface area contributed by atoms with Gasteiger partial charge in [-0.25, -0.2) is 19.7 Å². The summed E-state index contributed by atoms with van der Waals surface area (Å²) in [5.74, 6) is 0.931. The lowest BCUT2D eigenvalue weighted by Crippen LogP contribution is -2.11. The van der Waals surface area contributed by atoms with Crippen molar-refractivity contribution in [2.45, 2.75) is 0 Å². The maximum Gasteiger partial charge on any atom is 0.337 e. The van der Waals surface area contributed by atoms with Crippen LogP contribution in [0.3, 0.4) is 0 Å². The third kappa shape index (κ3) is 3.25. The molecule has 0 saturated heterocycles. The number of rotatable bonds is 4. The number of fused-ring (bicyclic) bond motifs is 1. The van der Waals surface area contributed by atoms with E-state index in [1.54, 1.807) is 48.7 Å². The van der Waals surface area contributed by atoms with Crippen LogP contribution in [-0.2, 0) is 4.74 Å². The number of aromatic nitrogens is 4. The Bertz CT molecular complexity index is 1240. The zero-order chi connectivity index (χ0) is 22.0. The highest BCUT2D eigenvalue weighted by Gasteiger charge is 2.19. The van der Waals surface area contributed by atoms with Gasteiger partial charge in [-0.3, -0.25) is 4.57 Å². The molecular formula is C21H20N6O2. The average molecular weight is 390 g/mol. The first-order valence-electron chi connectivity index (χ1n) is 10.1. The van der Waals surface area contributed by atoms with Crippen LogP contribution >= 0.6 is 0 Å². The van der Waals surface area contributed by atoms with Gasteiger partial charge in [0.25, 0.3) is 0 Å². The van der Waals surface area contributed by atoms with Crippen LogP contribution < -0.4 is 10.6 Å². The molecule has 8 nitrogen and oxygen atoms in total. The number of pyridine rings is 2. The molecule has 8 heteroatoms. The molecule has 4 rings (SSSR count). The number of nitrogens with zero attached hydrogens (tertiary/aromatic N) is 5. The Morgan fingerprint density at radius 1 is 1.14 bits per heavy atom. The maximum atomic E-state index is 11.8. The minimum absolute atomic E-state index is 0.0909. The summed E-state index contributed by atoms with van der Waals surface area (Å²) in [6.45, 7) is 0. The van der Waals surface area contributed by atoms with Crippen LogP contribution in [0.2, 0.25) is 0 Å². The fourth-order valence-corrected chi connectivity index (χ4v) is 3.02. The predicted molar refractivity (Wildman–Crippen MR) is 112 cm³/mol. The number of benzene rings is 1. The van der Waals surface area contributed by atoms with Crippen LogP contribution in [0, 0.1) is 0 Å². The van der Waals surface area contributed by atoms with Gasteiger partial charge in [-0.2, -0.15) is 0 Å². The number of anilines is 2. The van der Waals surface area contributed by atoms with Crippen molar-refractivity contribution in [1.82, 2.24) is 19.5 Å². The van der Waals surface area contributed by atoms with Crippen molar-refractivity contribution in [3.05, 3.63) is 60.3 Å². The quantitative estimate of drug-likeness (QED) is 0.535. The second-order valence-electron chi connectivity index (χ2n) is 6.30. The van der Waals surface area contributed by atoms with Crippen LogP contribution in [0.15, 0.2) is 54.7 Å². The van der Waals surface area contributed by atoms with Crippen molar-refractivity contribution in [1.29, 1.82) is 0 Å². The molecular weight excluding hydrogens is 368 g/mol. The van der Waals surface area contributed by atoms with E-state index in [2.05, 4.69) is 9.97 Å². The Morgan fingerprint density at radius 2 is 1.93 bits per heavy atom. The Hall–Kier alpha value is -3.94. The molecule has 1 aromatic carbocycles. The molecule has 0 aliphatic carbocycles. The number of esters is 1. The molecule has 0 saturated carbocycles. The highest BCUT2D eigenvalue weighted by Crippen LogP contribution is 2.31. The second kappa shape index (κ2) is 7.23. The number of ether oxygens (including phenoxy) is 1. The van der Waals surface area contributed by atoms with E-state index in [0.717, 1.165) is 0 Å². The Kier molecular flexibility index (Phi) is 4.00. The lowest BCUT2D eigenvalue weighted by molar-refractivity contribution is 0.0601. The zero-order valence-electron chi connectivity index (χ0n) is 17.7. The molecule has 3 aromatic heterocycles. The zero-order valence-corrected chi connectivity index (χ0v) is 15.7. The molecule has 3 heterocycles. The summed E-state index contributed by atoms with van der Waals surface area (Å²) in [4.78, 5) is 26.9. The summed E-state index contributed by atoms with van der Waals surface area (Å²) in [6.07, 6.45) is 1.60. The molecule has 0 fully saturated rings. The SMILES string of the molecule is [2H]CN(C[2H])c1ccc2nc(-c3cccnc3N)n(-c3ccc(C(=O)OC)cc3)c2n1.